The zero-order valence-corrected chi connectivity index (χ0v) is 11.5. The Morgan fingerprint density at radius 1 is 1.25 bits per heavy atom. The van der Waals surface area contributed by atoms with Gasteiger partial charge >= 0.3 is 0 Å². The monoisotopic (exact) mass is 278 g/mol. The van der Waals surface area contributed by atoms with Crippen molar-refractivity contribution < 1.29 is 14.9 Å². The van der Waals surface area contributed by atoms with Gasteiger partial charge in [-0.1, -0.05) is 6.07 Å². The number of phenolic OH excluding ortho intramolecular Hbond substituents is 2. The van der Waals surface area contributed by atoms with E-state index in [1.807, 2.05) is 0 Å². The maximum Gasteiger partial charge on any atom is 0.161 e. The third kappa shape index (κ3) is 2.37. The second kappa shape index (κ2) is 5.60. The molecule has 20 heavy (non-hydrogen) atoms. The third-order valence-electron chi connectivity index (χ3n) is 4.51. The highest BCUT2D eigenvalue weighted by atomic mass is 16.5. The van der Waals surface area contributed by atoms with Gasteiger partial charge in [-0.2, -0.15) is 0 Å². The van der Waals surface area contributed by atoms with Crippen LogP contribution in [-0.2, 0) is 11.2 Å². The lowest BCUT2D eigenvalue weighted by molar-refractivity contribution is -0.0580. The summed E-state index contributed by atoms with van der Waals surface area (Å²) in [4.78, 5) is 0. The topological polar surface area (TPSA) is 87.7 Å². The second-order valence-electron chi connectivity index (χ2n) is 5.69. The minimum Gasteiger partial charge on any atom is -0.504 e. The van der Waals surface area contributed by atoms with Gasteiger partial charge in [0, 0.05) is 18.5 Å². The van der Waals surface area contributed by atoms with Crippen molar-refractivity contribution in [1.29, 1.82) is 0 Å². The highest BCUT2D eigenvalue weighted by Crippen LogP contribution is 2.41. The van der Waals surface area contributed by atoms with Crippen LogP contribution in [0.5, 0.6) is 11.5 Å². The minimum absolute atomic E-state index is 0.0109. The number of phenols is 2. The lowest BCUT2D eigenvalue weighted by Gasteiger charge is -2.38. The van der Waals surface area contributed by atoms with E-state index in [0.29, 0.717) is 18.9 Å². The fourth-order valence-electron chi connectivity index (χ4n) is 3.37. The molecular weight excluding hydrogens is 256 g/mol. The molecule has 110 valence electrons. The molecule has 0 amide bonds. The standard InChI is InChI=1S/C15H22N2O3/c16-8-14-10-1-2-12(18)15(19)11(10)7-13(20-14)9-3-5-17-6-4-9/h1-2,9,13-14,17-19H,3-8,16H2/t13-,14-/m0/s1. The van der Waals surface area contributed by atoms with E-state index in [-0.39, 0.29) is 23.7 Å². The summed E-state index contributed by atoms with van der Waals surface area (Å²) in [5.74, 6) is 0.411. The van der Waals surface area contributed by atoms with Crippen molar-refractivity contribution in [2.75, 3.05) is 19.6 Å². The molecule has 0 aliphatic carbocycles. The number of nitrogens with two attached hydrogens (primary N) is 1. The van der Waals surface area contributed by atoms with Crippen molar-refractivity contribution in [3.05, 3.63) is 23.3 Å². The first kappa shape index (κ1) is 13.7. The highest BCUT2D eigenvalue weighted by molar-refractivity contribution is 5.51. The molecule has 0 aromatic heterocycles. The number of piperidine rings is 1. The second-order valence-corrected chi connectivity index (χ2v) is 5.69. The van der Waals surface area contributed by atoms with E-state index in [0.717, 1.165) is 37.1 Å². The lowest BCUT2D eigenvalue weighted by atomic mass is 9.84. The molecule has 0 unspecified atom stereocenters. The van der Waals surface area contributed by atoms with Crippen molar-refractivity contribution in [3.8, 4) is 11.5 Å². The Morgan fingerprint density at radius 2 is 2.00 bits per heavy atom. The number of hydrogen-bond donors (Lipinski definition) is 4. The van der Waals surface area contributed by atoms with Gasteiger partial charge in [0.25, 0.3) is 0 Å². The van der Waals surface area contributed by atoms with Crippen molar-refractivity contribution in [1.82, 2.24) is 5.32 Å². The summed E-state index contributed by atoms with van der Waals surface area (Å²) >= 11 is 0. The molecule has 0 radical (unpaired) electrons. The van der Waals surface area contributed by atoms with Crippen LogP contribution in [0.2, 0.25) is 0 Å². The number of benzene rings is 1. The molecule has 2 atom stereocenters. The Labute approximate surface area is 118 Å². The molecule has 0 spiro atoms. The fourth-order valence-corrected chi connectivity index (χ4v) is 3.37. The first-order valence-corrected chi connectivity index (χ1v) is 7.30. The van der Waals surface area contributed by atoms with Crippen LogP contribution in [0.15, 0.2) is 12.1 Å². The smallest absolute Gasteiger partial charge is 0.161 e. The van der Waals surface area contributed by atoms with Gasteiger partial charge in [0.05, 0.1) is 12.2 Å². The molecule has 5 nitrogen and oxygen atoms in total. The summed E-state index contributed by atoms with van der Waals surface area (Å²) in [6.07, 6.45) is 2.70. The SMILES string of the molecule is NC[C@@H]1O[C@H](C2CCNCC2)Cc2c1ccc(O)c2O. The van der Waals surface area contributed by atoms with Gasteiger partial charge in [-0.15, -0.1) is 0 Å². The van der Waals surface area contributed by atoms with Crippen molar-refractivity contribution in [2.45, 2.75) is 31.5 Å². The number of fused-ring (bicyclic) bond motifs is 1. The Hall–Kier alpha value is -1.30. The van der Waals surface area contributed by atoms with Crippen molar-refractivity contribution in [2.24, 2.45) is 11.7 Å². The maximum atomic E-state index is 10.1. The average molecular weight is 278 g/mol. The molecule has 1 saturated heterocycles. The summed E-state index contributed by atoms with van der Waals surface area (Å²) in [5, 5.41) is 23.2. The van der Waals surface area contributed by atoms with Crippen LogP contribution >= 0.6 is 0 Å². The van der Waals surface area contributed by atoms with E-state index < -0.39 is 0 Å². The van der Waals surface area contributed by atoms with E-state index in [2.05, 4.69) is 5.32 Å². The van der Waals surface area contributed by atoms with E-state index in [1.165, 1.54) is 6.07 Å². The molecular formula is C15H22N2O3. The average Bonchev–Trinajstić information content (AvgIpc) is 2.51. The zero-order chi connectivity index (χ0) is 14.1. The van der Waals surface area contributed by atoms with E-state index in [4.69, 9.17) is 10.5 Å². The van der Waals surface area contributed by atoms with E-state index in [1.54, 1.807) is 6.07 Å². The maximum absolute atomic E-state index is 10.1. The van der Waals surface area contributed by atoms with Crippen LogP contribution in [0.25, 0.3) is 0 Å². The van der Waals surface area contributed by atoms with Gasteiger partial charge in [0.1, 0.15) is 0 Å². The number of aromatic hydroxyl groups is 2. The first-order valence-electron chi connectivity index (χ1n) is 7.30. The zero-order valence-electron chi connectivity index (χ0n) is 11.5. The van der Waals surface area contributed by atoms with Crippen LogP contribution in [-0.4, -0.2) is 36.0 Å². The molecule has 2 heterocycles. The molecule has 1 fully saturated rings. The van der Waals surface area contributed by atoms with Crippen LogP contribution < -0.4 is 11.1 Å². The molecule has 3 rings (SSSR count). The van der Waals surface area contributed by atoms with Crippen LogP contribution in [0.1, 0.15) is 30.1 Å². The van der Waals surface area contributed by atoms with Gasteiger partial charge in [-0.05, 0) is 43.5 Å². The Morgan fingerprint density at radius 3 is 2.70 bits per heavy atom. The molecule has 0 bridgehead atoms. The summed E-state index contributed by atoms with van der Waals surface area (Å²) in [6.45, 7) is 2.41. The van der Waals surface area contributed by atoms with E-state index in [9.17, 15) is 10.2 Å². The number of hydrogen-bond acceptors (Lipinski definition) is 5. The van der Waals surface area contributed by atoms with Crippen LogP contribution in [0.4, 0.5) is 0 Å². The molecule has 5 N–H and O–H groups in total. The predicted molar refractivity (Wildman–Crippen MR) is 75.7 cm³/mol. The summed E-state index contributed by atoms with van der Waals surface area (Å²) in [6, 6.07) is 3.31. The van der Waals surface area contributed by atoms with Gasteiger partial charge in [-0.25, -0.2) is 0 Å². The molecule has 1 aromatic carbocycles. The van der Waals surface area contributed by atoms with Crippen molar-refractivity contribution in [3.63, 3.8) is 0 Å². The number of ether oxygens (including phenoxy) is 1. The molecule has 5 heteroatoms. The molecule has 1 aromatic rings. The third-order valence-corrected chi connectivity index (χ3v) is 4.51. The Bertz CT molecular complexity index is 486. The Kier molecular flexibility index (Phi) is 3.83. The first-order chi connectivity index (χ1) is 9.70. The fraction of sp³-hybridized carbons (Fsp3) is 0.600. The minimum atomic E-state index is -0.190. The summed E-state index contributed by atoms with van der Waals surface area (Å²) in [7, 11) is 0. The lowest BCUT2D eigenvalue weighted by Crippen LogP contribution is -2.40. The highest BCUT2D eigenvalue weighted by Gasteiger charge is 2.34. The van der Waals surface area contributed by atoms with Crippen molar-refractivity contribution >= 4 is 0 Å². The molecule has 0 saturated carbocycles. The van der Waals surface area contributed by atoms with Gasteiger partial charge < -0.3 is 26.0 Å². The summed E-state index contributed by atoms with van der Waals surface area (Å²) in [5.41, 5.74) is 7.53. The van der Waals surface area contributed by atoms with Crippen LogP contribution in [0, 0.1) is 5.92 Å². The van der Waals surface area contributed by atoms with Gasteiger partial charge in [-0.3, -0.25) is 0 Å². The largest absolute Gasteiger partial charge is 0.504 e. The normalized spacial score (nSPS) is 27.2. The van der Waals surface area contributed by atoms with Gasteiger partial charge in [0.2, 0.25) is 0 Å². The van der Waals surface area contributed by atoms with Crippen LogP contribution in [0.3, 0.4) is 0 Å². The molecule has 2 aliphatic heterocycles. The number of nitrogens with one attached hydrogen (secondary N) is 1. The number of rotatable bonds is 2. The Balaban J connectivity index is 1.90. The summed E-state index contributed by atoms with van der Waals surface area (Å²) < 4.78 is 6.15. The predicted octanol–water partition coefficient (Wildman–Crippen LogP) is 1.04. The van der Waals surface area contributed by atoms with E-state index >= 15 is 0 Å². The quantitative estimate of drug-likeness (QED) is 0.607. The van der Waals surface area contributed by atoms with Gasteiger partial charge in [0.15, 0.2) is 11.5 Å². The molecule has 2 aliphatic rings.